The largest absolute Gasteiger partial charge is 0.206 e. The number of hydrogen-bond donors (Lipinski definition) is 1. The minimum absolute atomic E-state index is 0.170. The minimum Gasteiger partial charge on any atom is -0.206 e. The van der Waals surface area contributed by atoms with Crippen LogP contribution in [0.15, 0.2) is 66.7 Å². The Hall–Kier alpha value is -2.06. The maximum Gasteiger partial charge on any atom is 0.131 e. The lowest BCUT2D eigenvalue weighted by Gasteiger charge is -2.26. The highest BCUT2D eigenvalue weighted by Crippen LogP contribution is 2.36. The van der Waals surface area contributed by atoms with Crippen LogP contribution in [0.25, 0.3) is 22.3 Å². The second-order valence-corrected chi connectivity index (χ2v) is 8.42. The third kappa shape index (κ3) is 4.11. The van der Waals surface area contributed by atoms with Gasteiger partial charge in [0.05, 0.1) is 0 Å². The highest BCUT2D eigenvalue weighted by Gasteiger charge is 2.20. The van der Waals surface area contributed by atoms with E-state index in [1.165, 1.54) is 36.8 Å². The molecule has 0 aliphatic heterocycles. The SMILES string of the molecule is Cc1ccc(-c2ccc(-c3ccc(C4CCC(S)CC4)cc3)c(F)c2)cc1. The van der Waals surface area contributed by atoms with E-state index in [-0.39, 0.29) is 5.82 Å². The molecule has 0 amide bonds. The molecule has 1 fully saturated rings. The molecular weight excluding hydrogens is 351 g/mol. The summed E-state index contributed by atoms with van der Waals surface area (Å²) >= 11 is 4.59. The first-order chi connectivity index (χ1) is 13.1. The van der Waals surface area contributed by atoms with E-state index in [2.05, 4.69) is 56.0 Å². The molecule has 3 aromatic rings. The molecule has 3 aromatic carbocycles. The first-order valence-electron chi connectivity index (χ1n) is 9.75. The van der Waals surface area contributed by atoms with Crippen molar-refractivity contribution in [3.63, 3.8) is 0 Å². The molecule has 0 unspecified atom stereocenters. The van der Waals surface area contributed by atoms with Gasteiger partial charge in [-0.05, 0) is 66.8 Å². The van der Waals surface area contributed by atoms with Crippen LogP contribution in [0.2, 0.25) is 0 Å². The van der Waals surface area contributed by atoms with Crippen molar-refractivity contribution in [3.8, 4) is 22.3 Å². The van der Waals surface area contributed by atoms with Gasteiger partial charge in [-0.3, -0.25) is 0 Å². The van der Waals surface area contributed by atoms with Gasteiger partial charge < -0.3 is 0 Å². The van der Waals surface area contributed by atoms with Gasteiger partial charge >= 0.3 is 0 Å². The molecule has 0 nitrogen and oxygen atoms in total. The van der Waals surface area contributed by atoms with Gasteiger partial charge in [0.25, 0.3) is 0 Å². The third-order valence-corrected chi connectivity index (χ3v) is 6.26. The number of thiol groups is 1. The molecule has 4 rings (SSSR count). The fourth-order valence-electron chi connectivity index (χ4n) is 4.02. The van der Waals surface area contributed by atoms with Crippen molar-refractivity contribution in [1.82, 2.24) is 0 Å². The molecule has 2 heteroatoms. The Morgan fingerprint density at radius 1 is 0.741 bits per heavy atom. The number of aryl methyl sites for hydroxylation is 1. The van der Waals surface area contributed by atoms with E-state index < -0.39 is 0 Å². The van der Waals surface area contributed by atoms with E-state index in [4.69, 9.17) is 0 Å². The molecule has 1 saturated carbocycles. The average molecular weight is 377 g/mol. The van der Waals surface area contributed by atoms with Crippen LogP contribution in [0, 0.1) is 12.7 Å². The van der Waals surface area contributed by atoms with Crippen LogP contribution in [-0.4, -0.2) is 5.25 Å². The van der Waals surface area contributed by atoms with Crippen LogP contribution in [0.4, 0.5) is 4.39 Å². The Morgan fingerprint density at radius 3 is 1.96 bits per heavy atom. The van der Waals surface area contributed by atoms with E-state index in [1.54, 1.807) is 6.07 Å². The number of hydrogen-bond acceptors (Lipinski definition) is 1. The molecule has 0 radical (unpaired) electrons. The van der Waals surface area contributed by atoms with Crippen LogP contribution in [0.3, 0.4) is 0 Å². The number of rotatable bonds is 3. The van der Waals surface area contributed by atoms with Gasteiger partial charge in [0.2, 0.25) is 0 Å². The molecule has 0 spiro atoms. The van der Waals surface area contributed by atoms with E-state index in [0.717, 1.165) is 16.7 Å². The predicted octanol–water partition coefficient (Wildman–Crippen LogP) is 7.42. The predicted molar refractivity (Wildman–Crippen MR) is 116 cm³/mol. The highest BCUT2D eigenvalue weighted by molar-refractivity contribution is 7.80. The molecule has 0 aromatic heterocycles. The highest BCUT2D eigenvalue weighted by atomic mass is 32.1. The summed E-state index contributed by atoms with van der Waals surface area (Å²) in [6, 6.07) is 22.2. The summed E-state index contributed by atoms with van der Waals surface area (Å²) in [7, 11) is 0. The zero-order chi connectivity index (χ0) is 18.8. The van der Waals surface area contributed by atoms with Crippen molar-refractivity contribution < 1.29 is 4.39 Å². The lowest BCUT2D eigenvalue weighted by atomic mass is 9.83. The molecule has 1 aliphatic rings. The topological polar surface area (TPSA) is 0 Å². The Kier molecular flexibility index (Phi) is 5.36. The smallest absolute Gasteiger partial charge is 0.131 e. The van der Waals surface area contributed by atoms with Gasteiger partial charge in [0, 0.05) is 10.8 Å². The van der Waals surface area contributed by atoms with Crippen molar-refractivity contribution in [2.45, 2.75) is 43.8 Å². The summed E-state index contributed by atoms with van der Waals surface area (Å²) in [4.78, 5) is 0. The zero-order valence-corrected chi connectivity index (χ0v) is 16.6. The Morgan fingerprint density at radius 2 is 1.33 bits per heavy atom. The van der Waals surface area contributed by atoms with Crippen molar-refractivity contribution in [1.29, 1.82) is 0 Å². The Labute approximate surface area is 166 Å². The van der Waals surface area contributed by atoms with Gasteiger partial charge in [0.1, 0.15) is 5.82 Å². The second kappa shape index (κ2) is 7.90. The maximum absolute atomic E-state index is 14.8. The normalized spacial score (nSPS) is 19.8. The molecule has 0 saturated heterocycles. The average Bonchev–Trinajstić information content (AvgIpc) is 2.69. The van der Waals surface area contributed by atoms with E-state index in [1.807, 2.05) is 24.3 Å². The lowest BCUT2D eigenvalue weighted by molar-refractivity contribution is 0.455. The maximum atomic E-state index is 14.8. The fraction of sp³-hybridized carbons (Fsp3) is 0.280. The summed E-state index contributed by atoms with van der Waals surface area (Å²) in [5, 5.41) is 0.557. The van der Waals surface area contributed by atoms with Crippen molar-refractivity contribution in [2.24, 2.45) is 0 Å². The third-order valence-electron chi connectivity index (χ3n) is 5.74. The van der Waals surface area contributed by atoms with Crippen LogP contribution in [-0.2, 0) is 0 Å². The second-order valence-electron chi connectivity index (χ2n) is 7.69. The van der Waals surface area contributed by atoms with Gasteiger partial charge in [-0.1, -0.05) is 66.2 Å². The van der Waals surface area contributed by atoms with Crippen molar-refractivity contribution in [3.05, 3.63) is 83.7 Å². The van der Waals surface area contributed by atoms with Gasteiger partial charge in [-0.25, -0.2) is 4.39 Å². The Bertz CT molecular complexity index is 904. The first kappa shape index (κ1) is 18.3. The molecule has 0 N–H and O–H groups in total. The van der Waals surface area contributed by atoms with Crippen LogP contribution < -0.4 is 0 Å². The molecule has 138 valence electrons. The molecule has 0 atom stereocenters. The van der Waals surface area contributed by atoms with Gasteiger partial charge in [0.15, 0.2) is 0 Å². The number of benzene rings is 3. The van der Waals surface area contributed by atoms with Gasteiger partial charge in [-0.2, -0.15) is 12.6 Å². The minimum atomic E-state index is -0.170. The van der Waals surface area contributed by atoms with E-state index in [0.29, 0.717) is 16.7 Å². The summed E-state index contributed by atoms with van der Waals surface area (Å²) in [6.45, 7) is 2.06. The standard InChI is InChI=1S/C25H25FS/c1-17-2-4-20(5-3-17)22-12-15-24(25(26)16-22)21-8-6-18(7-9-21)19-10-13-23(27)14-11-19/h2-9,12,15-16,19,23,27H,10-11,13-14H2,1H3. The van der Waals surface area contributed by atoms with Crippen molar-refractivity contribution in [2.75, 3.05) is 0 Å². The summed E-state index contributed by atoms with van der Waals surface area (Å²) < 4.78 is 14.8. The first-order valence-corrected chi connectivity index (χ1v) is 10.3. The molecule has 1 aliphatic carbocycles. The fourth-order valence-corrected chi connectivity index (χ4v) is 4.32. The monoisotopic (exact) mass is 376 g/mol. The van der Waals surface area contributed by atoms with Gasteiger partial charge in [-0.15, -0.1) is 0 Å². The van der Waals surface area contributed by atoms with E-state index >= 15 is 0 Å². The number of halogens is 1. The molecule has 27 heavy (non-hydrogen) atoms. The summed E-state index contributed by atoms with van der Waals surface area (Å²) in [5.74, 6) is 0.451. The van der Waals surface area contributed by atoms with Crippen LogP contribution >= 0.6 is 12.6 Å². The van der Waals surface area contributed by atoms with Crippen LogP contribution in [0.5, 0.6) is 0 Å². The molecular formula is C25H25FS. The molecule has 0 heterocycles. The quantitative estimate of drug-likeness (QED) is 0.452. The lowest BCUT2D eigenvalue weighted by Crippen LogP contribution is -2.12. The van der Waals surface area contributed by atoms with E-state index in [9.17, 15) is 4.39 Å². The zero-order valence-electron chi connectivity index (χ0n) is 15.7. The summed E-state index contributed by atoms with van der Waals surface area (Å²) in [6.07, 6.45) is 4.77. The van der Waals surface area contributed by atoms with Crippen LogP contribution in [0.1, 0.15) is 42.7 Å². The summed E-state index contributed by atoms with van der Waals surface area (Å²) in [5.41, 5.74) is 6.14. The molecule has 0 bridgehead atoms. The van der Waals surface area contributed by atoms with Crippen molar-refractivity contribution >= 4 is 12.6 Å². The Balaban J connectivity index is 1.55.